The fourth-order valence-electron chi connectivity index (χ4n) is 3.62. The van der Waals surface area contributed by atoms with Crippen LogP contribution in [0, 0.1) is 12.7 Å². The maximum Gasteiger partial charge on any atom is 0.254 e. The molecule has 0 bridgehead atoms. The fraction of sp³-hybridized carbons (Fsp3) is 0.217. The molecule has 170 valence electrons. The molecular weight excluding hydrogens is 445 g/mol. The second-order valence-corrected chi connectivity index (χ2v) is 9.70. The molecule has 33 heavy (non-hydrogen) atoms. The van der Waals surface area contributed by atoms with Gasteiger partial charge in [0.15, 0.2) is 14.9 Å². The summed E-state index contributed by atoms with van der Waals surface area (Å²) in [5, 5.41) is 7.87. The van der Waals surface area contributed by atoms with Crippen LogP contribution >= 0.6 is 0 Å². The highest BCUT2D eigenvalue weighted by Gasteiger charge is 2.21. The van der Waals surface area contributed by atoms with E-state index in [2.05, 4.69) is 20.4 Å². The summed E-state index contributed by atoms with van der Waals surface area (Å²) >= 11 is 0. The molecule has 1 unspecified atom stereocenters. The van der Waals surface area contributed by atoms with Gasteiger partial charge in [0, 0.05) is 23.5 Å². The molecule has 1 atom stereocenters. The summed E-state index contributed by atoms with van der Waals surface area (Å²) in [4.78, 5) is 21.5. The lowest BCUT2D eigenvalue weighted by atomic mass is 10.0. The number of sulfone groups is 1. The third kappa shape index (κ3) is 4.61. The van der Waals surface area contributed by atoms with Crippen LogP contribution in [-0.2, 0) is 9.84 Å². The van der Waals surface area contributed by atoms with Gasteiger partial charge in [-0.1, -0.05) is 6.92 Å². The molecule has 4 rings (SSSR count). The van der Waals surface area contributed by atoms with Crippen LogP contribution in [0.15, 0.2) is 60.0 Å². The van der Waals surface area contributed by atoms with Crippen molar-refractivity contribution in [3.63, 3.8) is 0 Å². The number of hydrogen-bond acceptors (Lipinski definition) is 6. The normalized spacial score (nSPS) is 12.6. The molecule has 0 fully saturated rings. The lowest BCUT2D eigenvalue weighted by Crippen LogP contribution is -2.28. The molecule has 0 aliphatic rings. The van der Waals surface area contributed by atoms with E-state index < -0.39 is 15.9 Å². The maximum atomic E-state index is 13.3. The minimum absolute atomic E-state index is 0.0328. The van der Waals surface area contributed by atoms with Crippen LogP contribution in [0.2, 0.25) is 0 Å². The molecule has 1 aromatic carbocycles. The molecule has 0 aliphatic heterocycles. The summed E-state index contributed by atoms with van der Waals surface area (Å²) in [6, 6.07) is 8.67. The SMILES string of the molecule is CCC(NC(=O)c1cncc2c1cnn2-c1ccc(F)cc1)c1cc(C)nc(S(C)(=O)=O)c1. The lowest BCUT2D eigenvalue weighted by molar-refractivity contribution is 0.0937. The van der Waals surface area contributed by atoms with Crippen molar-refractivity contribution < 1.29 is 17.6 Å². The largest absolute Gasteiger partial charge is 0.345 e. The molecule has 0 radical (unpaired) electrons. The van der Waals surface area contributed by atoms with Crippen LogP contribution in [0.3, 0.4) is 0 Å². The zero-order valence-electron chi connectivity index (χ0n) is 18.3. The van der Waals surface area contributed by atoms with Crippen molar-refractivity contribution in [3.05, 3.63) is 77.6 Å². The Morgan fingerprint density at radius 2 is 1.88 bits per heavy atom. The third-order valence-electron chi connectivity index (χ3n) is 5.26. The molecule has 0 saturated carbocycles. The molecular formula is C23H22FN5O3S. The Morgan fingerprint density at radius 3 is 2.55 bits per heavy atom. The number of fused-ring (bicyclic) bond motifs is 1. The van der Waals surface area contributed by atoms with E-state index in [1.165, 1.54) is 24.4 Å². The second-order valence-electron chi connectivity index (χ2n) is 7.74. The van der Waals surface area contributed by atoms with E-state index in [-0.39, 0.29) is 16.8 Å². The van der Waals surface area contributed by atoms with Gasteiger partial charge in [0.25, 0.3) is 5.91 Å². The van der Waals surface area contributed by atoms with E-state index in [4.69, 9.17) is 0 Å². The van der Waals surface area contributed by atoms with E-state index >= 15 is 0 Å². The molecule has 0 spiro atoms. The van der Waals surface area contributed by atoms with Crippen LogP contribution in [0.25, 0.3) is 16.6 Å². The minimum atomic E-state index is -3.49. The minimum Gasteiger partial charge on any atom is -0.345 e. The lowest BCUT2D eigenvalue weighted by Gasteiger charge is -2.19. The highest BCUT2D eigenvalue weighted by Crippen LogP contribution is 2.24. The van der Waals surface area contributed by atoms with E-state index in [1.54, 1.807) is 42.2 Å². The van der Waals surface area contributed by atoms with Crippen molar-refractivity contribution in [2.24, 2.45) is 0 Å². The number of halogens is 1. The van der Waals surface area contributed by atoms with Crippen LogP contribution in [-0.4, -0.2) is 40.3 Å². The molecule has 3 aromatic heterocycles. The Hall–Kier alpha value is -3.66. The van der Waals surface area contributed by atoms with Gasteiger partial charge in [-0.15, -0.1) is 0 Å². The van der Waals surface area contributed by atoms with E-state index in [0.29, 0.717) is 39.8 Å². The molecule has 0 aliphatic carbocycles. The van der Waals surface area contributed by atoms with Gasteiger partial charge in [-0.25, -0.2) is 22.5 Å². The summed E-state index contributed by atoms with van der Waals surface area (Å²) in [6.07, 6.45) is 6.25. The van der Waals surface area contributed by atoms with Crippen molar-refractivity contribution in [3.8, 4) is 5.69 Å². The molecule has 1 N–H and O–H groups in total. The summed E-state index contributed by atoms with van der Waals surface area (Å²) in [6.45, 7) is 3.60. The van der Waals surface area contributed by atoms with E-state index in [9.17, 15) is 17.6 Å². The highest BCUT2D eigenvalue weighted by atomic mass is 32.2. The number of rotatable bonds is 6. The number of nitrogens with one attached hydrogen (secondary N) is 1. The van der Waals surface area contributed by atoms with Crippen molar-refractivity contribution in [1.29, 1.82) is 0 Å². The van der Waals surface area contributed by atoms with Gasteiger partial charge in [0.2, 0.25) is 0 Å². The second kappa shape index (κ2) is 8.70. The first-order chi connectivity index (χ1) is 15.7. The number of hydrogen-bond donors (Lipinski definition) is 1. The quantitative estimate of drug-likeness (QED) is 0.465. The van der Waals surface area contributed by atoms with E-state index in [1.807, 2.05) is 6.92 Å². The molecule has 4 aromatic rings. The number of aryl methyl sites for hydroxylation is 1. The maximum absolute atomic E-state index is 13.3. The predicted molar refractivity (Wildman–Crippen MR) is 121 cm³/mol. The average Bonchev–Trinajstić information content (AvgIpc) is 3.21. The zero-order chi connectivity index (χ0) is 23.8. The summed E-state index contributed by atoms with van der Waals surface area (Å²) in [5.74, 6) is -0.724. The predicted octanol–water partition coefficient (Wildman–Crippen LogP) is 3.55. The number of carbonyl (C=O) groups excluding carboxylic acids is 1. The number of nitrogens with zero attached hydrogens (tertiary/aromatic N) is 4. The smallest absolute Gasteiger partial charge is 0.254 e. The fourth-order valence-corrected chi connectivity index (χ4v) is 4.28. The molecule has 3 heterocycles. The van der Waals surface area contributed by atoms with Crippen LogP contribution in [0.4, 0.5) is 4.39 Å². The average molecular weight is 468 g/mol. The summed E-state index contributed by atoms with van der Waals surface area (Å²) in [5.41, 5.74) is 2.76. The van der Waals surface area contributed by atoms with Crippen molar-refractivity contribution >= 4 is 26.6 Å². The summed E-state index contributed by atoms with van der Waals surface area (Å²) in [7, 11) is -3.49. The number of aromatic nitrogens is 4. The number of amides is 1. The van der Waals surface area contributed by atoms with Gasteiger partial charge < -0.3 is 5.32 Å². The first-order valence-electron chi connectivity index (χ1n) is 10.2. The van der Waals surface area contributed by atoms with Crippen molar-refractivity contribution in [2.45, 2.75) is 31.3 Å². The van der Waals surface area contributed by atoms with Crippen LogP contribution < -0.4 is 5.32 Å². The molecule has 8 nitrogen and oxygen atoms in total. The van der Waals surface area contributed by atoms with Gasteiger partial charge in [-0.05, 0) is 55.3 Å². The first kappa shape index (κ1) is 22.5. The van der Waals surface area contributed by atoms with Crippen LogP contribution in [0.5, 0.6) is 0 Å². The van der Waals surface area contributed by atoms with Gasteiger partial charge >= 0.3 is 0 Å². The standard InChI is InChI=1S/C23H22FN5O3S/c1-4-20(15-9-14(2)27-22(10-15)33(3,31)32)28-23(30)19-11-25-13-21-18(19)12-26-29(21)17-7-5-16(24)6-8-17/h5-13,20H,4H2,1-3H3,(H,28,30). The number of benzene rings is 1. The molecule has 0 saturated heterocycles. The Morgan fingerprint density at radius 1 is 1.15 bits per heavy atom. The molecule has 10 heteroatoms. The van der Waals surface area contributed by atoms with Crippen LogP contribution in [0.1, 0.15) is 41.0 Å². The number of pyridine rings is 2. The Bertz CT molecular complexity index is 1450. The van der Waals surface area contributed by atoms with Gasteiger partial charge in [0.05, 0.1) is 35.2 Å². The Balaban J connectivity index is 1.68. The molecule has 1 amide bonds. The first-order valence-corrected chi connectivity index (χ1v) is 12.1. The monoisotopic (exact) mass is 467 g/mol. The van der Waals surface area contributed by atoms with Gasteiger partial charge in [-0.2, -0.15) is 5.10 Å². The van der Waals surface area contributed by atoms with Gasteiger partial charge in [-0.3, -0.25) is 9.78 Å². The summed E-state index contributed by atoms with van der Waals surface area (Å²) < 4.78 is 38.9. The van der Waals surface area contributed by atoms with Crippen molar-refractivity contribution in [1.82, 2.24) is 25.1 Å². The van der Waals surface area contributed by atoms with E-state index in [0.717, 1.165) is 6.26 Å². The Labute approximate surface area is 190 Å². The zero-order valence-corrected chi connectivity index (χ0v) is 19.1. The van der Waals surface area contributed by atoms with Gasteiger partial charge in [0.1, 0.15) is 5.82 Å². The Kier molecular flexibility index (Phi) is 5.94. The topological polar surface area (TPSA) is 107 Å². The van der Waals surface area contributed by atoms with Crippen molar-refractivity contribution in [2.75, 3.05) is 6.26 Å². The third-order valence-corrected chi connectivity index (χ3v) is 6.23. The highest BCUT2D eigenvalue weighted by molar-refractivity contribution is 7.90. The number of carbonyl (C=O) groups is 1.